The van der Waals surface area contributed by atoms with E-state index in [-0.39, 0.29) is 18.0 Å². The Balaban J connectivity index is 1.15. The molecule has 3 aromatic rings. The number of pyridine rings is 1. The van der Waals surface area contributed by atoms with E-state index in [1.807, 2.05) is 38.1 Å². The molecular formula is C30H36N10O2. The Bertz CT molecular complexity index is 1460. The van der Waals surface area contributed by atoms with Crippen molar-refractivity contribution in [3.05, 3.63) is 72.0 Å². The molecule has 3 aromatic heterocycles. The predicted molar refractivity (Wildman–Crippen MR) is 162 cm³/mol. The van der Waals surface area contributed by atoms with Crippen LogP contribution in [-0.4, -0.2) is 81.3 Å². The van der Waals surface area contributed by atoms with Gasteiger partial charge in [0.1, 0.15) is 23.4 Å². The summed E-state index contributed by atoms with van der Waals surface area (Å²) in [6, 6.07) is 9.27. The number of carbonyl (C=O) groups is 1. The molecule has 12 heteroatoms. The number of aliphatic imine (C=N–C) groups is 1. The number of esters is 1. The normalized spacial score (nSPS) is 16.9. The van der Waals surface area contributed by atoms with Gasteiger partial charge in [-0.2, -0.15) is 4.98 Å². The van der Waals surface area contributed by atoms with Gasteiger partial charge in [-0.25, -0.2) is 19.9 Å². The van der Waals surface area contributed by atoms with E-state index in [1.165, 1.54) is 0 Å². The van der Waals surface area contributed by atoms with Crippen molar-refractivity contribution in [2.75, 3.05) is 43.4 Å². The van der Waals surface area contributed by atoms with E-state index in [4.69, 9.17) is 4.74 Å². The first kappa shape index (κ1) is 29.0. The number of hydrogen-bond donors (Lipinski definition) is 3. The second kappa shape index (κ2) is 13.9. The van der Waals surface area contributed by atoms with Crippen LogP contribution in [0.1, 0.15) is 25.5 Å². The summed E-state index contributed by atoms with van der Waals surface area (Å²) in [5.41, 5.74) is 3.38. The number of ether oxygens (including phenoxy) is 1. The van der Waals surface area contributed by atoms with E-state index in [0.717, 1.165) is 42.9 Å². The standard InChI is InChI=1S/C30H36N10O2/c1-20-5-4-6-25(35-20)28-33-13-9-26(38-28)37-27-10-14-34-30(39-27)36-21(2)15-22(16-31-3)17-40-18-23(19-40)29(41)42-24-7-11-32-12-8-24/h4-6,9-10,13-16,23-24,32H,3,7-8,11-12,17-19H2,1-2H3,(H2,33,34,36,37,38,39)/b21-15+,22-16+. The summed E-state index contributed by atoms with van der Waals surface area (Å²) in [4.78, 5) is 41.0. The smallest absolute Gasteiger partial charge is 0.311 e. The lowest BCUT2D eigenvalue weighted by atomic mass is 9.99. The molecule has 3 N–H and O–H groups in total. The van der Waals surface area contributed by atoms with Gasteiger partial charge < -0.3 is 20.7 Å². The third kappa shape index (κ3) is 8.02. The first-order valence-corrected chi connectivity index (χ1v) is 14.1. The van der Waals surface area contributed by atoms with Crippen LogP contribution >= 0.6 is 0 Å². The van der Waals surface area contributed by atoms with Crippen LogP contribution in [0, 0.1) is 12.8 Å². The molecule has 2 saturated heterocycles. The number of anilines is 3. The fourth-order valence-electron chi connectivity index (χ4n) is 4.85. The lowest BCUT2D eigenvalue weighted by Crippen LogP contribution is -2.52. The molecule has 2 aliphatic rings. The molecule has 5 rings (SSSR count). The van der Waals surface area contributed by atoms with E-state index in [1.54, 1.807) is 30.7 Å². The maximum absolute atomic E-state index is 12.5. The van der Waals surface area contributed by atoms with Gasteiger partial charge in [-0.15, -0.1) is 0 Å². The molecule has 0 radical (unpaired) electrons. The summed E-state index contributed by atoms with van der Waals surface area (Å²) >= 11 is 0. The van der Waals surface area contributed by atoms with E-state index in [9.17, 15) is 4.79 Å². The van der Waals surface area contributed by atoms with Crippen LogP contribution in [0.5, 0.6) is 0 Å². The molecule has 2 aliphatic heterocycles. The quantitative estimate of drug-likeness (QED) is 0.178. The van der Waals surface area contributed by atoms with Crippen LogP contribution < -0.4 is 16.0 Å². The minimum atomic E-state index is -0.0884. The predicted octanol–water partition coefficient (Wildman–Crippen LogP) is 3.51. The van der Waals surface area contributed by atoms with E-state index in [2.05, 4.69) is 57.5 Å². The van der Waals surface area contributed by atoms with Crippen LogP contribution in [0.3, 0.4) is 0 Å². The van der Waals surface area contributed by atoms with Gasteiger partial charge in [-0.05, 0) is 82.4 Å². The number of carbonyl (C=O) groups excluding carboxylic acids is 1. The maximum Gasteiger partial charge on any atom is 0.311 e. The summed E-state index contributed by atoms with van der Waals surface area (Å²) in [6.07, 6.45) is 8.85. The average Bonchev–Trinajstić information content (AvgIpc) is 2.95. The Labute approximate surface area is 245 Å². The van der Waals surface area contributed by atoms with Crippen molar-refractivity contribution >= 4 is 30.3 Å². The van der Waals surface area contributed by atoms with Gasteiger partial charge >= 0.3 is 5.97 Å². The molecule has 12 nitrogen and oxygen atoms in total. The van der Waals surface area contributed by atoms with Crippen LogP contribution in [0.15, 0.2) is 71.3 Å². The zero-order chi connectivity index (χ0) is 29.3. The summed E-state index contributed by atoms with van der Waals surface area (Å²) in [5.74, 6) is 1.96. The zero-order valence-corrected chi connectivity index (χ0v) is 24.0. The van der Waals surface area contributed by atoms with Gasteiger partial charge in [-0.3, -0.25) is 14.7 Å². The highest BCUT2D eigenvalue weighted by molar-refractivity contribution is 5.74. The van der Waals surface area contributed by atoms with Gasteiger partial charge in [-0.1, -0.05) is 6.07 Å². The summed E-state index contributed by atoms with van der Waals surface area (Å²) in [6.45, 7) is 11.3. The van der Waals surface area contributed by atoms with Gasteiger partial charge in [0.25, 0.3) is 0 Å². The van der Waals surface area contributed by atoms with E-state index >= 15 is 0 Å². The van der Waals surface area contributed by atoms with Crippen molar-refractivity contribution < 1.29 is 9.53 Å². The molecule has 0 aromatic carbocycles. The third-order valence-electron chi connectivity index (χ3n) is 6.92. The molecule has 0 saturated carbocycles. The van der Waals surface area contributed by atoms with Crippen LogP contribution in [0.2, 0.25) is 0 Å². The summed E-state index contributed by atoms with van der Waals surface area (Å²) in [5, 5.41) is 9.74. The highest BCUT2D eigenvalue weighted by atomic mass is 16.5. The third-order valence-corrected chi connectivity index (χ3v) is 6.92. The Morgan fingerprint density at radius 3 is 2.64 bits per heavy atom. The minimum absolute atomic E-state index is 0.0372. The zero-order valence-electron chi connectivity index (χ0n) is 24.0. The fraction of sp³-hybridized carbons (Fsp3) is 0.367. The highest BCUT2D eigenvalue weighted by Crippen LogP contribution is 2.22. The van der Waals surface area contributed by atoms with Crippen molar-refractivity contribution in [3.8, 4) is 11.5 Å². The fourth-order valence-corrected chi connectivity index (χ4v) is 4.85. The maximum atomic E-state index is 12.5. The van der Waals surface area contributed by atoms with Crippen molar-refractivity contribution in [2.24, 2.45) is 10.9 Å². The lowest BCUT2D eigenvalue weighted by molar-refractivity contribution is -0.160. The van der Waals surface area contributed by atoms with Gasteiger partial charge in [0.05, 0.1) is 5.92 Å². The Hall–Kier alpha value is -4.55. The number of aryl methyl sites for hydroxylation is 1. The summed E-state index contributed by atoms with van der Waals surface area (Å²) in [7, 11) is 0. The molecule has 218 valence electrons. The molecule has 0 bridgehead atoms. The van der Waals surface area contributed by atoms with Crippen LogP contribution in [-0.2, 0) is 9.53 Å². The molecule has 0 atom stereocenters. The molecule has 5 heterocycles. The van der Waals surface area contributed by atoms with Crippen molar-refractivity contribution in [2.45, 2.75) is 32.8 Å². The van der Waals surface area contributed by atoms with Gasteiger partial charge in [0.2, 0.25) is 5.95 Å². The number of nitrogens with one attached hydrogen (secondary N) is 3. The van der Waals surface area contributed by atoms with Gasteiger partial charge in [0.15, 0.2) is 5.82 Å². The number of allylic oxidation sites excluding steroid dienone is 1. The van der Waals surface area contributed by atoms with Crippen molar-refractivity contribution in [1.82, 2.24) is 35.1 Å². The first-order chi connectivity index (χ1) is 20.4. The Morgan fingerprint density at radius 2 is 1.88 bits per heavy atom. The molecule has 2 fully saturated rings. The Kier molecular flexibility index (Phi) is 9.57. The topological polar surface area (TPSA) is 142 Å². The minimum Gasteiger partial charge on any atom is -0.462 e. The second-order valence-corrected chi connectivity index (χ2v) is 10.4. The first-order valence-electron chi connectivity index (χ1n) is 14.1. The monoisotopic (exact) mass is 568 g/mol. The molecule has 0 unspecified atom stereocenters. The molecule has 0 spiro atoms. The second-order valence-electron chi connectivity index (χ2n) is 10.4. The number of aromatic nitrogens is 5. The van der Waals surface area contributed by atoms with E-state index < -0.39 is 0 Å². The number of piperidine rings is 1. The number of likely N-dealkylation sites (tertiary alicyclic amines) is 1. The van der Waals surface area contributed by atoms with Crippen LogP contribution in [0.4, 0.5) is 17.6 Å². The average molecular weight is 569 g/mol. The van der Waals surface area contributed by atoms with Gasteiger partial charge in [0, 0.05) is 49.6 Å². The van der Waals surface area contributed by atoms with Crippen LogP contribution in [0.25, 0.3) is 11.5 Å². The largest absolute Gasteiger partial charge is 0.462 e. The number of hydrogen-bond acceptors (Lipinski definition) is 12. The summed E-state index contributed by atoms with van der Waals surface area (Å²) < 4.78 is 5.70. The molecule has 0 aliphatic carbocycles. The highest BCUT2D eigenvalue weighted by Gasteiger charge is 2.35. The lowest BCUT2D eigenvalue weighted by Gasteiger charge is -2.38. The Morgan fingerprint density at radius 1 is 1.12 bits per heavy atom. The molecular weight excluding hydrogens is 532 g/mol. The SMILES string of the molecule is C=N/C=C(\C=C(/C)Nc1nccc(Nc2ccnc(-c3cccc(C)n3)n2)n1)CN1CC(C(=O)OC2CCNCC2)C1. The molecule has 42 heavy (non-hydrogen) atoms. The van der Waals surface area contributed by atoms with Crippen molar-refractivity contribution in [3.63, 3.8) is 0 Å². The van der Waals surface area contributed by atoms with Crippen molar-refractivity contribution in [1.29, 1.82) is 0 Å². The number of nitrogens with zero attached hydrogens (tertiary/aromatic N) is 7. The van der Waals surface area contributed by atoms with E-state index in [0.29, 0.717) is 48.7 Å². The molecule has 0 amide bonds. The number of rotatable bonds is 11.